The molecule has 0 saturated carbocycles. The quantitative estimate of drug-likeness (QED) is 0.181. The lowest BCUT2D eigenvalue weighted by Crippen LogP contribution is -2.47. The first-order valence-corrected chi connectivity index (χ1v) is 15.5. The molecule has 2 aromatic rings. The van der Waals surface area contributed by atoms with Crippen LogP contribution in [0.4, 0.5) is 4.79 Å². The Balaban J connectivity index is 2.26. The number of nitrogens with two attached hydrogens (primary N) is 1. The molecule has 1 amide bonds. The molecule has 0 aliphatic carbocycles. The summed E-state index contributed by atoms with van der Waals surface area (Å²) in [4.78, 5) is 52.0. The number of alkyl carbamates (subject to hydrolysis) is 1. The number of esters is 3. The summed E-state index contributed by atoms with van der Waals surface area (Å²) in [5.41, 5.74) is 4.13. The molecule has 248 valence electrons. The Morgan fingerprint density at radius 2 is 1.38 bits per heavy atom. The molecule has 45 heavy (non-hydrogen) atoms. The van der Waals surface area contributed by atoms with Crippen LogP contribution in [-0.4, -0.2) is 53.9 Å². The van der Waals surface area contributed by atoms with Crippen LogP contribution in [-0.2, 0) is 38.9 Å². The maximum Gasteiger partial charge on any atom is 0.408 e. The first-order valence-electron chi connectivity index (χ1n) is 15.1. The molecule has 2 rings (SSSR count). The first-order chi connectivity index (χ1) is 20.9. The fourth-order valence-electron chi connectivity index (χ4n) is 4.44. The van der Waals surface area contributed by atoms with Gasteiger partial charge in [0.25, 0.3) is 0 Å². The van der Waals surface area contributed by atoms with Gasteiger partial charge >= 0.3 is 24.0 Å². The topological polar surface area (TPSA) is 143 Å². The molecule has 0 heterocycles. The largest absolute Gasteiger partial charge is 0.460 e. The lowest BCUT2D eigenvalue weighted by molar-refractivity contribution is -0.166. The van der Waals surface area contributed by atoms with Crippen LogP contribution < -0.4 is 11.1 Å². The van der Waals surface area contributed by atoms with Crippen molar-refractivity contribution in [3.8, 4) is 0 Å². The number of nitrogens with one attached hydrogen (secondary N) is 1. The first kappa shape index (κ1) is 37.6. The van der Waals surface area contributed by atoms with Gasteiger partial charge in [-0.2, -0.15) is 0 Å². The summed E-state index contributed by atoms with van der Waals surface area (Å²) in [7, 11) is 0. The summed E-state index contributed by atoms with van der Waals surface area (Å²) in [6.07, 6.45) is -1.63. The molecule has 0 spiro atoms. The molecule has 0 fully saturated rings. The molecular weight excluding hydrogens is 600 g/mol. The minimum Gasteiger partial charge on any atom is -0.460 e. The highest BCUT2D eigenvalue weighted by Gasteiger charge is 2.38. The van der Waals surface area contributed by atoms with Crippen LogP contribution in [0.15, 0.2) is 54.6 Å². The van der Waals surface area contributed by atoms with Gasteiger partial charge in [-0.05, 0) is 92.3 Å². The second-order valence-corrected chi connectivity index (χ2v) is 13.2. The predicted octanol–water partition coefficient (Wildman–Crippen LogP) is 6.20. The third-order valence-electron chi connectivity index (χ3n) is 6.48. The van der Waals surface area contributed by atoms with Gasteiger partial charge in [-0.15, -0.1) is 0 Å². The number of rotatable bonds is 14. The van der Waals surface area contributed by atoms with Crippen LogP contribution in [0, 0.1) is 0 Å². The Morgan fingerprint density at radius 1 is 0.778 bits per heavy atom. The smallest absolute Gasteiger partial charge is 0.408 e. The van der Waals surface area contributed by atoms with Crippen molar-refractivity contribution < 1.29 is 38.1 Å². The molecule has 0 radical (unpaired) electrons. The second kappa shape index (κ2) is 16.6. The Kier molecular flexibility index (Phi) is 13.9. The van der Waals surface area contributed by atoms with E-state index in [9.17, 15) is 19.2 Å². The number of hydrogen-bond donors (Lipinski definition) is 2. The summed E-state index contributed by atoms with van der Waals surface area (Å²) in [6, 6.07) is 15.0. The Bertz CT molecular complexity index is 1290. The SMILES string of the molecule is CC(C)(C)OC(=O)CCC[C@H](OC(=O)N[C@@H](CCCN)C(=O)OC(C)(c1ccccc1)c1ccccc1Cl)C(=O)OC(C)(C)C. The maximum atomic E-state index is 13.7. The molecule has 0 aliphatic rings. The van der Waals surface area contributed by atoms with Gasteiger partial charge in [0.15, 0.2) is 5.60 Å². The Morgan fingerprint density at radius 3 is 1.96 bits per heavy atom. The number of carbonyl (C=O) groups is 4. The number of hydrogen-bond acceptors (Lipinski definition) is 9. The van der Waals surface area contributed by atoms with Crippen LogP contribution in [0.1, 0.15) is 91.7 Å². The van der Waals surface area contributed by atoms with Gasteiger partial charge in [0.05, 0.1) is 0 Å². The third kappa shape index (κ3) is 12.7. The zero-order chi connectivity index (χ0) is 33.8. The van der Waals surface area contributed by atoms with E-state index >= 15 is 0 Å². The van der Waals surface area contributed by atoms with Gasteiger partial charge in [0, 0.05) is 17.0 Å². The van der Waals surface area contributed by atoms with E-state index in [0.29, 0.717) is 22.6 Å². The van der Waals surface area contributed by atoms with Crippen LogP contribution >= 0.6 is 11.6 Å². The standard InChI is InChI=1S/C34H47ClN2O8/c1-32(2,3)43-28(38)21-13-20-27(30(40)44-33(4,5)6)42-31(41)37-26(19-14-22-36)29(39)45-34(7,23-15-9-8-10-16-23)24-17-11-12-18-25(24)35/h8-12,15-18,26-27H,13-14,19-22,36H2,1-7H3,(H,37,41)/t26-,27-,34?/m0/s1. The minimum atomic E-state index is -1.34. The lowest BCUT2D eigenvalue weighted by Gasteiger charge is -2.33. The van der Waals surface area contributed by atoms with Crippen molar-refractivity contribution in [3.63, 3.8) is 0 Å². The summed E-state index contributed by atoms with van der Waals surface area (Å²) < 4.78 is 22.4. The van der Waals surface area contributed by atoms with E-state index in [0.717, 1.165) is 0 Å². The van der Waals surface area contributed by atoms with Crippen molar-refractivity contribution in [1.29, 1.82) is 0 Å². The Hall–Kier alpha value is -3.63. The van der Waals surface area contributed by atoms with Gasteiger partial charge in [-0.3, -0.25) is 4.79 Å². The summed E-state index contributed by atoms with van der Waals surface area (Å²) >= 11 is 6.54. The fourth-order valence-corrected chi connectivity index (χ4v) is 4.76. The van der Waals surface area contributed by atoms with E-state index in [4.69, 9.17) is 36.3 Å². The van der Waals surface area contributed by atoms with Crippen molar-refractivity contribution in [3.05, 3.63) is 70.7 Å². The number of amides is 1. The monoisotopic (exact) mass is 646 g/mol. The summed E-state index contributed by atoms with van der Waals surface area (Å²) in [5, 5.41) is 2.94. The highest BCUT2D eigenvalue weighted by Crippen LogP contribution is 2.37. The van der Waals surface area contributed by atoms with Crippen LogP contribution in [0.5, 0.6) is 0 Å². The van der Waals surface area contributed by atoms with Crippen molar-refractivity contribution in [1.82, 2.24) is 5.32 Å². The molecule has 2 aromatic carbocycles. The van der Waals surface area contributed by atoms with E-state index in [1.54, 1.807) is 72.7 Å². The van der Waals surface area contributed by atoms with E-state index in [1.807, 2.05) is 30.3 Å². The van der Waals surface area contributed by atoms with Crippen LogP contribution in [0.25, 0.3) is 0 Å². The normalized spacial score (nSPS) is 14.3. The van der Waals surface area contributed by atoms with Gasteiger partial charge in [-0.25, -0.2) is 14.4 Å². The van der Waals surface area contributed by atoms with Gasteiger partial charge in [-0.1, -0.05) is 60.1 Å². The van der Waals surface area contributed by atoms with Crippen molar-refractivity contribution in [2.24, 2.45) is 5.73 Å². The molecule has 11 heteroatoms. The van der Waals surface area contributed by atoms with Crippen LogP contribution in [0.3, 0.4) is 0 Å². The highest BCUT2D eigenvalue weighted by molar-refractivity contribution is 6.31. The number of halogens is 1. The highest BCUT2D eigenvalue weighted by atomic mass is 35.5. The van der Waals surface area contributed by atoms with Crippen molar-refractivity contribution in [2.45, 2.75) is 110 Å². The number of carbonyl (C=O) groups excluding carboxylic acids is 4. The van der Waals surface area contributed by atoms with Gasteiger partial charge in [0.1, 0.15) is 17.2 Å². The number of ether oxygens (including phenoxy) is 4. The van der Waals surface area contributed by atoms with Crippen LogP contribution in [0.2, 0.25) is 5.02 Å². The maximum absolute atomic E-state index is 13.7. The predicted molar refractivity (Wildman–Crippen MR) is 171 cm³/mol. The Labute approximate surface area is 271 Å². The average molecular weight is 647 g/mol. The zero-order valence-electron chi connectivity index (χ0n) is 27.3. The van der Waals surface area contributed by atoms with E-state index in [1.165, 1.54) is 0 Å². The molecular formula is C34H47ClN2O8. The minimum absolute atomic E-state index is 0.00191. The molecule has 3 N–H and O–H groups in total. The molecule has 10 nitrogen and oxygen atoms in total. The zero-order valence-corrected chi connectivity index (χ0v) is 28.1. The van der Waals surface area contributed by atoms with E-state index in [2.05, 4.69) is 5.32 Å². The van der Waals surface area contributed by atoms with E-state index < -0.39 is 53.0 Å². The molecule has 0 saturated heterocycles. The van der Waals surface area contributed by atoms with Gasteiger partial charge < -0.3 is 30.0 Å². The lowest BCUT2D eigenvalue weighted by atomic mass is 9.87. The fraction of sp³-hybridized carbons (Fsp3) is 0.529. The van der Waals surface area contributed by atoms with Gasteiger partial charge in [0.2, 0.25) is 6.10 Å². The van der Waals surface area contributed by atoms with Crippen molar-refractivity contribution in [2.75, 3.05) is 6.54 Å². The molecule has 0 bridgehead atoms. The van der Waals surface area contributed by atoms with Crippen molar-refractivity contribution >= 4 is 35.6 Å². The van der Waals surface area contributed by atoms with E-state index in [-0.39, 0.29) is 32.2 Å². The molecule has 0 aliphatic heterocycles. The summed E-state index contributed by atoms with van der Waals surface area (Å²) in [6.45, 7) is 12.3. The molecule has 0 aromatic heterocycles. The summed E-state index contributed by atoms with van der Waals surface area (Å²) in [5.74, 6) is -1.97. The third-order valence-corrected chi connectivity index (χ3v) is 6.81. The second-order valence-electron chi connectivity index (χ2n) is 12.8. The molecule has 1 unspecified atom stereocenters. The number of benzene rings is 2. The molecule has 3 atom stereocenters. The average Bonchev–Trinajstić information content (AvgIpc) is 2.93.